The van der Waals surface area contributed by atoms with Crippen molar-refractivity contribution in [3.05, 3.63) is 0 Å². The van der Waals surface area contributed by atoms with E-state index in [0.717, 1.165) is 11.8 Å². The second-order valence-corrected chi connectivity index (χ2v) is 5.28. The van der Waals surface area contributed by atoms with Crippen LogP contribution in [0.5, 0.6) is 0 Å². The normalized spacial score (nSPS) is 15.0. The zero-order valence-electron chi connectivity index (χ0n) is 10.5. The first kappa shape index (κ1) is 13.0. The zero-order chi connectivity index (χ0) is 10.5. The van der Waals surface area contributed by atoms with E-state index in [0.29, 0.717) is 5.41 Å². The summed E-state index contributed by atoms with van der Waals surface area (Å²) in [6.45, 7) is 14.2. The lowest BCUT2D eigenvalue weighted by atomic mass is 9.75. The highest BCUT2D eigenvalue weighted by Gasteiger charge is 2.22. The molecule has 0 heterocycles. The Bertz CT molecular complexity index is 120. The van der Waals surface area contributed by atoms with Crippen LogP contribution in [-0.2, 0) is 0 Å². The van der Waals surface area contributed by atoms with E-state index in [1.165, 1.54) is 25.7 Å². The van der Waals surface area contributed by atoms with Gasteiger partial charge in [-0.15, -0.1) is 0 Å². The summed E-state index contributed by atoms with van der Waals surface area (Å²) < 4.78 is 0. The molecule has 0 spiro atoms. The third-order valence-electron chi connectivity index (χ3n) is 3.69. The fraction of sp³-hybridized carbons (Fsp3) is 1.00. The Morgan fingerprint density at radius 1 is 1.00 bits per heavy atom. The summed E-state index contributed by atoms with van der Waals surface area (Å²) in [6, 6.07) is 0. The molecule has 0 fully saturated rings. The highest BCUT2D eigenvalue weighted by atomic mass is 14.3. The minimum atomic E-state index is 0.544. The van der Waals surface area contributed by atoms with Crippen LogP contribution in [0.15, 0.2) is 0 Å². The Morgan fingerprint density at radius 2 is 1.46 bits per heavy atom. The third kappa shape index (κ3) is 4.69. The maximum Gasteiger partial charge on any atom is -0.0354 e. The van der Waals surface area contributed by atoms with E-state index in [4.69, 9.17) is 0 Å². The molecule has 0 aromatic carbocycles. The zero-order valence-corrected chi connectivity index (χ0v) is 10.5. The van der Waals surface area contributed by atoms with Crippen molar-refractivity contribution in [1.29, 1.82) is 0 Å². The number of rotatable bonds is 6. The van der Waals surface area contributed by atoms with Crippen molar-refractivity contribution in [2.45, 2.75) is 67.2 Å². The molecule has 0 aliphatic heterocycles. The van der Waals surface area contributed by atoms with E-state index in [1.807, 2.05) is 0 Å². The molecule has 0 aromatic rings. The van der Waals surface area contributed by atoms with E-state index in [9.17, 15) is 0 Å². The summed E-state index contributed by atoms with van der Waals surface area (Å²) in [4.78, 5) is 0. The molecule has 0 heteroatoms. The van der Waals surface area contributed by atoms with E-state index < -0.39 is 0 Å². The van der Waals surface area contributed by atoms with Crippen LogP contribution in [0, 0.1) is 17.3 Å². The second kappa shape index (κ2) is 5.67. The predicted molar refractivity (Wildman–Crippen MR) is 61.9 cm³/mol. The van der Waals surface area contributed by atoms with Crippen LogP contribution in [0.25, 0.3) is 0 Å². The SMILES string of the molecule is CCC(CC)C(C)CC(C)(C)CC. The molecule has 0 rings (SSSR count). The topological polar surface area (TPSA) is 0 Å². The van der Waals surface area contributed by atoms with Gasteiger partial charge in [0.2, 0.25) is 0 Å². The molecule has 0 saturated heterocycles. The van der Waals surface area contributed by atoms with E-state index >= 15 is 0 Å². The maximum absolute atomic E-state index is 2.43. The Balaban J connectivity index is 4.04. The molecule has 1 atom stereocenters. The molecular formula is C13H28. The first-order valence-electron chi connectivity index (χ1n) is 5.96. The lowest BCUT2D eigenvalue weighted by molar-refractivity contribution is 0.206. The highest BCUT2D eigenvalue weighted by Crippen LogP contribution is 2.34. The van der Waals surface area contributed by atoms with Gasteiger partial charge in [-0.3, -0.25) is 0 Å². The van der Waals surface area contributed by atoms with Gasteiger partial charge in [-0.05, 0) is 23.7 Å². The Morgan fingerprint density at radius 3 is 1.77 bits per heavy atom. The third-order valence-corrected chi connectivity index (χ3v) is 3.69. The monoisotopic (exact) mass is 184 g/mol. The number of hydrogen-bond donors (Lipinski definition) is 0. The lowest BCUT2D eigenvalue weighted by Crippen LogP contribution is -2.19. The van der Waals surface area contributed by atoms with Gasteiger partial charge in [0, 0.05) is 0 Å². The lowest BCUT2D eigenvalue weighted by Gasteiger charge is -2.30. The van der Waals surface area contributed by atoms with Gasteiger partial charge in [0.25, 0.3) is 0 Å². The first-order valence-corrected chi connectivity index (χ1v) is 5.96. The van der Waals surface area contributed by atoms with Crippen LogP contribution in [0.2, 0.25) is 0 Å². The molecule has 13 heavy (non-hydrogen) atoms. The molecule has 0 nitrogen and oxygen atoms in total. The summed E-state index contributed by atoms with van der Waals surface area (Å²) in [5.41, 5.74) is 0.544. The van der Waals surface area contributed by atoms with Gasteiger partial charge in [0.1, 0.15) is 0 Å². The van der Waals surface area contributed by atoms with Crippen LogP contribution in [0.1, 0.15) is 67.2 Å². The van der Waals surface area contributed by atoms with Gasteiger partial charge in [0.15, 0.2) is 0 Å². The number of hydrogen-bond acceptors (Lipinski definition) is 0. The smallest absolute Gasteiger partial charge is 0.0354 e. The fourth-order valence-corrected chi connectivity index (χ4v) is 2.28. The molecule has 0 bridgehead atoms. The van der Waals surface area contributed by atoms with Crippen molar-refractivity contribution in [1.82, 2.24) is 0 Å². The molecule has 0 N–H and O–H groups in total. The molecule has 80 valence electrons. The van der Waals surface area contributed by atoms with Crippen LogP contribution in [-0.4, -0.2) is 0 Å². The summed E-state index contributed by atoms with van der Waals surface area (Å²) >= 11 is 0. The van der Waals surface area contributed by atoms with E-state index in [-0.39, 0.29) is 0 Å². The van der Waals surface area contributed by atoms with Crippen molar-refractivity contribution in [2.24, 2.45) is 17.3 Å². The van der Waals surface area contributed by atoms with Crippen molar-refractivity contribution < 1.29 is 0 Å². The minimum absolute atomic E-state index is 0.544. The first-order chi connectivity index (χ1) is 5.96. The molecule has 0 radical (unpaired) electrons. The van der Waals surface area contributed by atoms with Crippen molar-refractivity contribution in [2.75, 3.05) is 0 Å². The highest BCUT2D eigenvalue weighted by molar-refractivity contribution is 4.73. The van der Waals surface area contributed by atoms with Crippen LogP contribution in [0.4, 0.5) is 0 Å². The Hall–Kier alpha value is 0. The molecular weight excluding hydrogens is 156 g/mol. The maximum atomic E-state index is 2.43. The van der Waals surface area contributed by atoms with E-state index in [1.54, 1.807) is 0 Å². The molecule has 0 saturated carbocycles. The predicted octanol–water partition coefficient (Wildman–Crippen LogP) is 4.89. The molecule has 0 aliphatic carbocycles. The van der Waals surface area contributed by atoms with Gasteiger partial charge in [-0.2, -0.15) is 0 Å². The largest absolute Gasteiger partial charge is 0.0651 e. The van der Waals surface area contributed by atoms with Crippen molar-refractivity contribution >= 4 is 0 Å². The summed E-state index contributed by atoms with van der Waals surface area (Å²) in [5, 5.41) is 0. The van der Waals surface area contributed by atoms with Crippen LogP contribution >= 0.6 is 0 Å². The van der Waals surface area contributed by atoms with Crippen molar-refractivity contribution in [3.8, 4) is 0 Å². The van der Waals surface area contributed by atoms with Crippen LogP contribution < -0.4 is 0 Å². The summed E-state index contributed by atoms with van der Waals surface area (Å²) in [6.07, 6.45) is 5.38. The van der Waals surface area contributed by atoms with Crippen LogP contribution in [0.3, 0.4) is 0 Å². The van der Waals surface area contributed by atoms with Gasteiger partial charge >= 0.3 is 0 Å². The molecule has 0 aliphatic rings. The average molecular weight is 184 g/mol. The molecule has 0 amide bonds. The summed E-state index contributed by atoms with van der Waals surface area (Å²) in [5.74, 6) is 1.83. The van der Waals surface area contributed by atoms with Gasteiger partial charge < -0.3 is 0 Å². The molecule has 1 unspecified atom stereocenters. The van der Waals surface area contributed by atoms with E-state index in [2.05, 4.69) is 41.5 Å². The van der Waals surface area contributed by atoms with Gasteiger partial charge in [-0.1, -0.05) is 60.8 Å². The quantitative estimate of drug-likeness (QED) is 0.551. The fourth-order valence-electron chi connectivity index (χ4n) is 2.28. The average Bonchev–Trinajstić information content (AvgIpc) is 2.06. The second-order valence-electron chi connectivity index (χ2n) is 5.28. The van der Waals surface area contributed by atoms with Gasteiger partial charge in [0.05, 0.1) is 0 Å². The minimum Gasteiger partial charge on any atom is -0.0651 e. The molecule has 0 aromatic heterocycles. The Kier molecular flexibility index (Phi) is 5.67. The van der Waals surface area contributed by atoms with Crippen molar-refractivity contribution in [3.63, 3.8) is 0 Å². The Labute approximate surface area is 85.1 Å². The summed E-state index contributed by atoms with van der Waals surface area (Å²) in [7, 11) is 0. The standard InChI is InChI=1S/C13H28/c1-7-12(8-2)11(4)10-13(5,6)9-3/h11-12H,7-10H2,1-6H3. The van der Waals surface area contributed by atoms with Gasteiger partial charge in [-0.25, -0.2) is 0 Å².